The van der Waals surface area contributed by atoms with Gasteiger partial charge in [0.15, 0.2) is 0 Å². The van der Waals surface area contributed by atoms with Crippen LogP contribution in [-0.2, 0) is 0 Å². The molecule has 0 aliphatic heterocycles. The Morgan fingerprint density at radius 3 is 2.60 bits per heavy atom. The van der Waals surface area contributed by atoms with Crippen molar-refractivity contribution in [3.05, 3.63) is 29.8 Å². The molecule has 112 valence electrons. The molecule has 1 aromatic carbocycles. The van der Waals surface area contributed by atoms with Gasteiger partial charge in [-0.15, -0.1) is 0 Å². The maximum Gasteiger partial charge on any atom is 0.251 e. The number of quaternary nitrogens is 1. The normalized spacial score (nSPS) is 12.6. The van der Waals surface area contributed by atoms with E-state index in [9.17, 15) is 4.79 Å². The first-order valence-electron chi connectivity index (χ1n) is 7.22. The zero-order valence-corrected chi connectivity index (χ0v) is 13.2. The van der Waals surface area contributed by atoms with Crippen LogP contribution in [0.5, 0.6) is 5.75 Å². The first-order valence-corrected chi connectivity index (χ1v) is 7.22. The summed E-state index contributed by atoms with van der Waals surface area (Å²) in [5.74, 6) is 1.15. The lowest BCUT2D eigenvalue weighted by atomic mass is 10.1. The number of carbonyl (C=O) groups is 1. The predicted octanol–water partition coefficient (Wildman–Crippen LogP) is 0.984. The molecule has 0 saturated carbocycles. The van der Waals surface area contributed by atoms with Crippen molar-refractivity contribution in [1.29, 1.82) is 0 Å². The van der Waals surface area contributed by atoms with E-state index < -0.39 is 0 Å². The van der Waals surface area contributed by atoms with E-state index in [0.29, 0.717) is 18.0 Å². The third-order valence-corrected chi connectivity index (χ3v) is 2.84. The molecule has 1 aromatic rings. The van der Waals surface area contributed by atoms with Gasteiger partial charge in [-0.3, -0.25) is 4.79 Å². The number of ether oxygens (including phenoxy) is 1. The van der Waals surface area contributed by atoms with Crippen molar-refractivity contribution < 1.29 is 14.4 Å². The first kappa shape index (κ1) is 16.5. The summed E-state index contributed by atoms with van der Waals surface area (Å²) in [6.45, 7) is 7.82. The second-order valence-electron chi connectivity index (χ2n) is 5.92. The quantitative estimate of drug-likeness (QED) is 0.781. The van der Waals surface area contributed by atoms with E-state index in [0.717, 1.165) is 12.3 Å². The zero-order chi connectivity index (χ0) is 15.1. The fraction of sp³-hybridized carbons (Fsp3) is 0.562. The Kier molecular flexibility index (Phi) is 6.52. The number of hydrogen-bond donors (Lipinski definition) is 2. The number of carbonyl (C=O) groups excluding carboxylic acids is 1. The van der Waals surface area contributed by atoms with E-state index in [4.69, 9.17) is 4.74 Å². The van der Waals surface area contributed by atoms with Crippen molar-refractivity contribution in [2.45, 2.75) is 26.9 Å². The van der Waals surface area contributed by atoms with E-state index in [1.165, 1.54) is 4.90 Å². The molecule has 0 saturated heterocycles. The lowest BCUT2D eigenvalue weighted by Crippen LogP contribution is -3.06. The average molecular weight is 279 g/mol. The molecule has 0 aliphatic rings. The minimum absolute atomic E-state index is 0.0418. The summed E-state index contributed by atoms with van der Waals surface area (Å²) >= 11 is 0. The van der Waals surface area contributed by atoms with Gasteiger partial charge in [0.05, 0.1) is 26.7 Å². The second-order valence-corrected chi connectivity index (χ2v) is 5.92. The average Bonchev–Trinajstić information content (AvgIpc) is 2.34. The highest BCUT2D eigenvalue weighted by Gasteiger charge is 2.11. The van der Waals surface area contributed by atoms with E-state index in [1.807, 2.05) is 32.0 Å². The van der Waals surface area contributed by atoms with Gasteiger partial charge in [-0.25, -0.2) is 0 Å². The Morgan fingerprint density at radius 2 is 2.00 bits per heavy atom. The third-order valence-electron chi connectivity index (χ3n) is 2.84. The predicted molar refractivity (Wildman–Crippen MR) is 81.4 cm³/mol. The number of hydrogen-bond acceptors (Lipinski definition) is 2. The van der Waals surface area contributed by atoms with Crippen LogP contribution < -0.4 is 15.0 Å². The molecule has 1 rings (SSSR count). The molecule has 0 heterocycles. The van der Waals surface area contributed by atoms with Crippen LogP contribution in [0.4, 0.5) is 0 Å². The summed E-state index contributed by atoms with van der Waals surface area (Å²) < 4.78 is 5.60. The van der Waals surface area contributed by atoms with Gasteiger partial charge in [-0.2, -0.15) is 0 Å². The van der Waals surface area contributed by atoms with Crippen LogP contribution >= 0.6 is 0 Å². The van der Waals surface area contributed by atoms with E-state index in [-0.39, 0.29) is 12.0 Å². The first-order chi connectivity index (χ1) is 9.38. The Labute approximate surface area is 122 Å². The van der Waals surface area contributed by atoms with Crippen LogP contribution in [0.1, 0.15) is 31.1 Å². The molecule has 0 radical (unpaired) electrons. The van der Waals surface area contributed by atoms with Crippen LogP contribution in [0.25, 0.3) is 0 Å². The van der Waals surface area contributed by atoms with Crippen LogP contribution in [0.2, 0.25) is 0 Å². The Balaban J connectivity index is 2.55. The third kappa shape index (κ3) is 6.06. The standard InChI is InChI=1S/C16H26N2O2/c1-12(2)20-15-8-6-7-14(9-15)16(19)17-10-13(3)11-18(4)5/h6-9,12-13H,10-11H2,1-5H3,(H,17,19)/p+1/t13-/m0/s1. The number of amides is 1. The minimum atomic E-state index is -0.0418. The smallest absolute Gasteiger partial charge is 0.251 e. The van der Waals surface area contributed by atoms with Gasteiger partial charge < -0.3 is 15.0 Å². The zero-order valence-electron chi connectivity index (χ0n) is 13.2. The van der Waals surface area contributed by atoms with Gasteiger partial charge in [0.2, 0.25) is 0 Å². The van der Waals surface area contributed by atoms with E-state index in [1.54, 1.807) is 6.07 Å². The summed E-state index contributed by atoms with van der Waals surface area (Å²) in [6.07, 6.45) is 0.108. The molecule has 0 aliphatic carbocycles. The van der Waals surface area contributed by atoms with Crippen LogP contribution in [0, 0.1) is 5.92 Å². The summed E-state index contributed by atoms with van der Waals surface area (Å²) in [4.78, 5) is 13.5. The molecule has 4 heteroatoms. The summed E-state index contributed by atoms with van der Waals surface area (Å²) in [7, 11) is 4.23. The molecule has 1 amide bonds. The van der Waals surface area contributed by atoms with Crippen molar-refractivity contribution >= 4 is 5.91 Å². The van der Waals surface area contributed by atoms with E-state index in [2.05, 4.69) is 26.3 Å². The van der Waals surface area contributed by atoms with Crippen molar-refractivity contribution in [2.75, 3.05) is 27.2 Å². The van der Waals surface area contributed by atoms with Gasteiger partial charge >= 0.3 is 0 Å². The van der Waals surface area contributed by atoms with Gasteiger partial charge in [-0.05, 0) is 32.0 Å². The van der Waals surface area contributed by atoms with Gasteiger partial charge in [0, 0.05) is 18.0 Å². The molecule has 1 atom stereocenters. The van der Waals surface area contributed by atoms with Crippen LogP contribution in [0.3, 0.4) is 0 Å². The molecule has 0 spiro atoms. The highest BCUT2D eigenvalue weighted by Crippen LogP contribution is 2.14. The highest BCUT2D eigenvalue weighted by atomic mass is 16.5. The second kappa shape index (κ2) is 7.90. The Bertz CT molecular complexity index is 430. The lowest BCUT2D eigenvalue weighted by Gasteiger charge is -2.15. The van der Waals surface area contributed by atoms with Crippen LogP contribution in [-0.4, -0.2) is 39.2 Å². The fourth-order valence-corrected chi connectivity index (χ4v) is 2.12. The topological polar surface area (TPSA) is 42.8 Å². The molecule has 0 bridgehead atoms. The maximum atomic E-state index is 12.1. The SMILES string of the molecule is CC(C)Oc1cccc(C(=O)NC[C@H](C)C[NH+](C)C)c1. The minimum Gasteiger partial charge on any atom is -0.491 e. The molecule has 2 N–H and O–H groups in total. The van der Waals surface area contributed by atoms with Gasteiger partial charge in [0.1, 0.15) is 5.75 Å². The monoisotopic (exact) mass is 279 g/mol. The molecule has 20 heavy (non-hydrogen) atoms. The maximum absolute atomic E-state index is 12.1. The molecular weight excluding hydrogens is 252 g/mol. The number of benzene rings is 1. The van der Waals surface area contributed by atoms with Gasteiger partial charge in [0.25, 0.3) is 5.91 Å². The molecule has 0 aromatic heterocycles. The molecular formula is C16H27N2O2+. The highest BCUT2D eigenvalue weighted by molar-refractivity contribution is 5.94. The van der Waals surface area contributed by atoms with Crippen molar-refractivity contribution in [3.8, 4) is 5.75 Å². The summed E-state index contributed by atoms with van der Waals surface area (Å²) in [5.41, 5.74) is 0.646. The Morgan fingerprint density at radius 1 is 1.30 bits per heavy atom. The lowest BCUT2D eigenvalue weighted by molar-refractivity contribution is -0.861. The fourth-order valence-electron chi connectivity index (χ4n) is 2.12. The van der Waals surface area contributed by atoms with Gasteiger partial charge in [-0.1, -0.05) is 13.0 Å². The largest absolute Gasteiger partial charge is 0.491 e. The van der Waals surface area contributed by atoms with Crippen LogP contribution in [0.15, 0.2) is 24.3 Å². The van der Waals surface area contributed by atoms with Crippen molar-refractivity contribution in [2.24, 2.45) is 5.92 Å². The number of nitrogens with one attached hydrogen (secondary N) is 2. The van der Waals surface area contributed by atoms with E-state index >= 15 is 0 Å². The summed E-state index contributed by atoms with van der Waals surface area (Å²) in [6, 6.07) is 7.32. The van der Waals surface area contributed by atoms with Crippen molar-refractivity contribution in [3.63, 3.8) is 0 Å². The Hall–Kier alpha value is -1.55. The molecule has 0 fully saturated rings. The number of rotatable bonds is 7. The molecule has 4 nitrogen and oxygen atoms in total. The van der Waals surface area contributed by atoms with Crippen molar-refractivity contribution in [1.82, 2.24) is 5.32 Å². The summed E-state index contributed by atoms with van der Waals surface area (Å²) in [5, 5.41) is 2.98. The molecule has 0 unspecified atom stereocenters.